The first kappa shape index (κ1) is 16.3. The molecule has 1 aliphatic rings. The summed E-state index contributed by atoms with van der Waals surface area (Å²) < 4.78 is 10.8. The molecule has 3 heteroatoms. The largest absolute Gasteiger partial charge is 0.496 e. The van der Waals surface area contributed by atoms with E-state index >= 15 is 0 Å². The second-order valence-electron chi connectivity index (χ2n) is 6.32. The Hall–Kier alpha value is -1.06. The van der Waals surface area contributed by atoms with Crippen LogP contribution in [0.25, 0.3) is 0 Å². The summed E-state index contributed by atoms with van der Waals surface area (Å²) in [6, 6.07) is 6.57. The summed E-state index contributed by atoms with van der Waals surface area (Å²) in [4.78, 5) is 0. The van der Waals surface area contributed by atoms with Gasteiger partial charge < -0.3 is 14.8 Å². The van der Waals surface area contributed by atoms with E-state index in [2.05, 4.69) is 37.4 Å². The van der Waals surface area contributed by atoms with Crippen molar-refractivity contribution >= 4 is 0 Å². The molecule has 0 bridgehead atoms. The molecule has 3 nitrogen and oxygen atoms in total. The van der Waals surface area contributed by atoms with Crippen molar-refractivity contribution in [2.75, 3.05) is 33.9 Å². The lowest BCUT2D eigenvalue weighted by molar-refractivity contribution is 0.193. The van der Waals surface area contributed by atoms with Gasteiger partial charge in [0.25, 0.3) is 0 Å². The average Bonchev–Trinajstić information content (AvgIpc) is 2.86. The van der Waals surface area contributed by atoms with Gasteiger partial charge in [-0.1, -0.05) is 31.0 Å². The van der Waals surface area contributed by atoms with Crippen molar-refractivity contribution in [2.45, 2.75) is 38.5 Å². The molecule has 0 aromatic heterocycles. The van der Waals surface area contributed by atoms with E-state index < -0.39 is 0 Å². The molecule has 118 valence electrons. The van der Waals surface area contributed by atoms with Crippen LogP contribution in [0.15, 0.2) is 18.2 Å². The van der Waals surface area contributed by atoms with E-state index in [1.165, 1.54) is 30.4 Å². The molecule has 0 saturated heterocycles. The van der Waals surface area contributed by atoms with Crippen LogP contribution < -0.4 is 10.1 Å². The van der Waals surface area contributed by atoms with Crippen LogP contribution in [-0.2, 0) is 10.2 Å². The van der Waals surface area contributed by atoms with Gasteiger partial charge in [0.1, 0.15) is 5.75 Å². The lowest BCUT2D eigenvalue weighted by Gasteiger charge is -2.36. The number of nitrogens with one attached hydrogen (secondary N) is 1. The number of hydrogen-bond acceptors (Lipinski definition) is 3. The van der Waals surface area contributed by atoms with Gasteiger partial charge in [-0.3, -0.25) is 0 Å². The second-order valence-corrected chi connectivity index (χ2v) is 6.32. The Bertz CT molecular complexity index is 461. The highest BCUT2D eigenvalue weighted by atomic mass is 16.5. The molecule has 1 N–H and O–H groups in total. The van der Waals surface area contributed by atoms with Crippen LogP contribution in [0.3, 0.4) is 0 Å². The molecule has 2 atom stereocenters. The van der Waals surface area contributed by atoms with E-state index in [0.717, 1.165) is 25.4 Å². The molecule has 21 heavy (non-hydrogen) atoms. The summed E-state index contributed by atoms with van der Waals surface area (Å²) in [6.45, 7) is 7.20. The van der Waals surface area contributed by atoms with Crippen molar-refractivity contribution in [1.29, 1.82) is 0 Å². The standard InChI is InChI=1S/C18H29NO2/c1-14-7-8-17(21-4)16(12-14)18(9-5-6-15(18)2)13-19-10-11-20-3/h7-8,12,15,19H,5-6,9-11,13H2,1-4H3. The first-order valence-electron chi connectivity index (χ1n) is 7.99. The van der Waals surface area contributed by atoms with Gasteiger partial charge in [0.05, 0.1) is 13.7 Å². The summed E-state index contributed by atoms with van der Waals surface area (Å²) >= 11 is 0. The Morgan fingerprint density at radius 2 is 2.14 bits per heavy atom. The van der Waals surface area contributed by atoms with Crippen molar-refractivity contribution in [3.63, 3.8) is 0 Å². The van der Waals surface area contributed by atoms with Crippen molar-refractivity contribution in [1.82, 2.24) is 5.32 Å². The first-order valence-corrected chi connectivity index (χ1v) is 7.99. The van der Waals surface area contributed by atoms with Gasteiger partial charge >= 0.3 is 0 Å². The second kappa shape index (κ2) is 7.28. The van der Waals surface area contributed by atoms with E-state index in [0.29, 0.717) is 5.92 Å². The molecule has 1 aromatic carbocycles. The Balaban J connectivity index is 2.29. The highest BCUT2D eigenvalue weighted by Gasteiger charge is 2.43. The molecule has 1 aromatic rings. The van der Waals surface area contributed by atoms with Crippen LogP contribution in [-0.4, -0.2) is 33.9 Å². The molecular formula is C18H29NO2. The molecule has 0 heterocycles. The first-order chi connectivity index (χ1) is 10.1. The molecule has 2 unspecified atom stereocenters. The van der Waals surface area contributed by atoms with Gasteiger partial charge in [-0.25, -0.2) is 0 Å². The zero-order chi connectivity index (χ0) is 15.3. The molecule has 0 spiro atoms. The fourth-order valence-electron chi connectivity index (χ4n) is 3.70. The summed E-state index contributed by atoms with van der Waals surface area (Å²) in [5.74, 6) is 1.70. The van der Waals surface area contributed by atoms with Gasteiger partial charge in [0, 0.05) is 31.2 Å². The van der Waals surface area contributed by atoms with Crippen LogP contribution in [0.1, 0.15) is 37.3 Å². The Labute approximate surface area is 129 Å². The lowest BCUT2D eigenvalue weighted by Crippen LogP contribution is -2.41. The van der Waals surface area contributed by atoms with Gasteiger partial charge in [-0.15, -0.1) is 0 Å². The number of aryl methyl sites for hydroxylation is 1. The normalized spacial score (nSPS) is 25.2. The van der Waals surface area contributed by atoms with E-state index in [1.54, 1.807) is 14.2 Å². The van der Waals surface area contributed by atoms with Crippen LogP contribution >= 0.6 is 0 Å². The Morgan fingerprint density at radius 3 is 2.76 bits per heavy atom. The third-order valence-electron chi connectivity index (χ3n) is 5.02. The summed E-state index contributed by atoms with van der Waals surface area (Å²) in [7, 11) is 3.53. The molecule has 0 aliphatic heterocycles. The highest BCUT2D eigenvalue weighted by molar-refractivity contribution is 5.44. The van der Waals surface area contributed by atoms with Crippen LogP contribution in [0, 0.1) is 12.8 Å². The molecular weight excluding hydrogens is 262 g/mol. The molecule has 1 fully saturated rings. The number of methoxy groups -OCH3 is 2. The van der Waals surface area contributed by atoms with Gasteiger partial charge in [0.15, 0.2) is 0 Å². The summed E-state index contributed by atoms with van der Waals surface area (Å²) in [5.41, 5.74) is 2.87. The van der Waals surface area contributed by atoms with Crippen molar-refractivity contribution < 1.29 is 9.47 Å². The van der Waals surface area contributed by atoms with Crippen molar-refractivity contribution in [3.8, 4) is 5.75 Å². The van der Waals surface area contributed by atoms with Gasteiger partial charge in [-0.05, 0) is 31.7 Å². The Kier molecular flexibility index (Phi) is 5.65. The third kappa shape index (κ3) is 3.41. The average molecular weight is 291 g/mol. The highest BCUT2D eigenvalue weighted by Crippen LogP contribution is 2.48. The van der Waals surface area contributed by atoms with E-state index in [-0.39, 0.29) is 5.41 Å². The van der Waals surface area contributed by atoms with E-state index in [4.69, 9.17) is 9.47 Å². The monoisotopic (exact) mass is 291 g/mol. The minimum atomic E-state index is 0.186. The number of hydrogen-bond donors (Lipinski definition) is 1. The van der Waals surface area contributed by atoms with Gasteiger partial charge in [-0.2, -0.15) is 0 Å². The molecule has 1 saturated carbocycles. The van der Waals surface area contributed by atoms with Crippen molar-refractivity contribution in [2.24, 2.45) is 5.92 Å². The Morgan fingerprint density at radius 1 is 1.33 bits per heavy atom. The zero-order valence-corrected chi connectivity index (χ0v) is 13.9. The lowest BCUT2D eigenvalue weighted by atomic mass is 9.72. The quantitative estimate of drug-likeness (QED) is 0.782. The molecule has 0 radical (unpaired) electrons. The minimum absolute atomic E-state index is 0.186. The number of ether oxygens (including phenoxy) is 2. The van der Waals surface area contributed by atoms with Crippen molar-refractivity contribution in [3.05, 3.63) is 29.3 Å². The minimum Gasteiger partial charge on any atom is -0.496 e. The molecule has 0 amide bonds. The van der Waals surface area contributed by atoms with E-state index in [9.17, 15) is 0 Å². The maximum Gasteiger partial charge on any atom is 0.122 e. The topological polar surface area (TPSA) is 30.5 Å². The van der Waals surface area contributed by atoms with Gasteiger partial charge in [0.2, 0.25) is 0 Å². The predicted octanol–water partition coefficient (Wildman–Crippen LogP) is 3.30. The number of rotatable bonds is 7. The summed E-state index contributed by atoms with van der Waals surface area (Å²) in [5, 5.41) is 3.59. The summed E-state index contributed by atoms with van der Waals surface area (Å²) in [6.07, 6.45) is 3.82. The SMILES string of the molecule is COCCNCC1(c2cc(C)ccc2OC)CCCC1C. The van der Waals surface area contributed by atoms with Crippen LogP contribution in [0.5, 0.6) is 5.75 Å². The predicted molar refractivity (Wildman–Crippen MR) is 87.2 cm³/mol. The fraction of sp³-hybridized carbons (Fsp3) is 0.667. The van der Waals surface area contributed by atoms with E-state index in [1.807, 2.05) is 0 Å². The fourth-order valence-corrected chi connectivity index (χ4v) is 3.70. The maximum absolute atomic E-state index is 5.66. The molecule has 1 aliphatic carbocycles. The maximum atomic E-state index is 5.66. The number of benzene rings is 1. The smallest absolute Gasteiger partial charge is 0.122 e. The van der Waals surface area contributed by atoms with Crippen LogP contribution in [0.2, 0.25) is 0 Å². The third-order valence-corrected chi connectivity index (χ3v) is 5.02. The van der Waals surface area contributed by atoms with Crippen LogP contribution in [0.4, 0.5) is 0 Å². The molecule has 2 rings (SSSR count). The zero-order valence-electron chi connectivity index (χ0n) is 13.9.